The minimum absolute atomic E-state index is 0.442. The van der Waals surface area contributed by atoms with Gasteiger partial charge in [0.15, 0.2) is 0 Å². The van der Waals surface area contributed by atoms with Crippen LogP contribution in [0.4, 0.5) is 0 Å². The number of aryl methyl sites for hydroxylation is 1. The molecule has 1 aliphatic rings. The molecule has 1 aromatic rings. The highest BCUT2D eigenvalue weighted by Gasteiger charge is 2.20. The van der Waals surface area contributed by atoms with Crippen molar-refractivity contribution in [2.45, 2.75) is 24.0 Å². The molecule has 0 amide bonds. The summed E-state index contributed by atoms with van der Waals surface area (Å²) >= 11 is 1.99. The third kappa shape index (κ3) is 2.06. The van der Waals surface area contributed by atoms with Gasteiger partial charge in [0.25, 0.3) is 0 Å². The molecule has 72 valence electrons. The number of aromatic nitrogens is 2. The van der Waals surface area contributed by atoms with Crippen molar-refractivity contribution < 1.29 is 0 Å². The molecule has 2 unspecified atom stereocenters. The molecule has 2 atom stereocenters. The van der Waals surface area contributed by atoms with Crippen molar-refractivity contribution in [2.24, 2.45) is 7.05 Å². The fourth-order valence-corrected chi connectivity index (χ4v) is 2.75. The van der Waals surface area contributed by atoms with Crippen LogP contribution in [0.5, 0.6) is 0 Å². The Kier molecular flexibility index (Phi) is 2.60. The number of nitrogens with one attached hydrogen (secondary N) is 1. The van der Waals surface area contributed by atoms with Crippen molar-refractivity contribution in [3.05, 3.63) is 18.0 Å². The summed E-state index contributed by atoms with van der Waals surface area (Å²) in [5.41, 5.74) is 1.29. The highest BCUT2D eigenvalue weighted by atomic mass is 32.2. The second-order valence-electron chi connectivity index (χ2n) is 3.52. The highest BCUT2D eigenvalue weighted by Crippen LogP contribution is 2.33. The first-order valence-corrected chi connectivity index (χ1v) is 5.57. The van der Waals surface area contributed by atoms with E-state index in [2.05, 4.69) is 23.5 Å². The summed E-state index contributed by atoms with van der Waals surface area (Å²) in [6, 6.07) is 0. The molecule has 1 aliphatic heterocycles. The highest BCUT2D eigenvalue weighted by molar-refractivity contribution is 8.00. The van der Waals surface area contributed by atoms with Gasteiger partial charge in [-0.2, -0.15) is 5.10 Å². The van der Waals surface area contributed by atoms with E-state index in [9.17, 15) is 0 Å². The number of rotatable bonds is 1. The average molecular weight is 197 g/mol. The molecule has 0 aliphatic carbocycles. The van der Waals surface area contributed by atoms with E-state index in [0.29, 0.717) is 5.37 Å². The van der Waals surface area contributed by atoms with E-state index in [1.807, 2.05) is 29.7 Å². The van der Waals surface area contributed by atoms with Crippen LogP contribution in [0.15, 0.2) is 12.4 Å². The van der Waals surface area contributed by atoms with E-state index in [1.165, 1.54) is 12.0 Å². The summed E-state index contributed by atoms with van der Waals surface area (Å²) in [6.45, 7) is 3.41. The second kappa shape index (κ2) is 3.72. The fourth-order valence-electron chi connectivity index (χ4n) is 1.54. The fraction of sp³-hybridized carbons (Fsp3) is 0.667. The molecule has 0 saturated carbocycles. The van der Waals surface area contributed by atoms with Gasteiger partial charge in [-0.25, -0.2) is 0 Å². The maximum Gasteiger partial charge on any atom is 0.0822 e. The zero-order chi connectivity index (χ0) is 9.26. The van der Waals surface area contributed by atoms with Crippen molar-refractivity contribution in [2.75, 3.05) is 6.54 Å². The third-order valence-corrected chi connectivity index (χ3v) is 3.69. The molecule has 1 N–H and O–H groups in total. The van der Waals surface area contributed by atoms with Gasteiger partial charge in [0, 0.05) is 24.1 Å². The molecule has 1 fully saturated rings. The summed E-state index contributed by atoms with van der Waals surface area (Å²) < 4.78 is 1.86. The van der Waals surface area contributed by atoms with Gasteiger partial charge >= 0.3 is 0 Å². The van der Waals surface area contributed by atoms with E-state index in [-0.39, 0.29) is 0 Å². The van der Waals surface area contributed by atoms with Crippen molar-refractivity contribution >= 4 is 11.8 Å². The lowest BCUT2D eigenvalue weighted by molar-refractivity contribution is 0.605. The Labute approximate surface area is 82.9 Å². The quantitative estimate of drug-likeness (QED) is 0.740. The van der Waals surface area contributed by atoms with Crippen LogP contribution < -0.4 is 5.32 Å². The molecule has 2 heterocycles. The van der Waals surface area contributed by atoms with Gasteiger partial charge in [-0.1, -0.05) is 6.92 Å². The Bertz CT molecular complexity index is 284. The van der Waals surface area contributed by atoms with E-state index in [4.69, 9.17) is 0 Å². The first-order chi connectivity index (χ1) is 6.25. The third-order valence-electron chi connectivity index (χ3n) is 2.28. The SMILES string of the molecule is CC1CCNC(c2cnn(C)c2)S1. The molecule has 1 aromatic heterocycles. The molecular formula is C9H15N3S. The van der Waals surface area contributed by atoms with Crippen LogP contribution >= 0.6 is 11.8 Å². The van der Waals surface area contributed by atoms with Gasteiger partial charge in [-0.3, -0.25) is 4.68 Å². The van der Waals surface area contributed by atoms with Crippen LogP contribution in [-0.4, -0.2) is 21.6 Å². The molecule has 3 nitrogen and oxygen atoms in total. The van der Waals surface area contributed by atoms with Gasteiger partial charge < -0.3 is 5.32 Å². The van der Waals surface area contributed by atoms with Crippen LogP contribution in [0, 0.1) is 0 Å². The summed E-state index contributed by atoms with van der Waals surface area (Å²) in [5.74, 6) is 0. The zero-order valence-corrected chi connectivity index (χ0v) is 8.84. The lowest BCUT2D eigenvalue weighted by atomic mass is 10.3. The minimum atomic E-state index is 0.442. The van der Waals surface area contributed by atoms with Gasteiger partial charge in [0.05, 0.1) is 11.6 Å². The van der Waals surface area contributed by atoms with E-state index in [1.54, 1.807) is 0 Å². The van der Waals surface area contributed by atoms with E-state index >= 15 is 0 Å². The number of hydrogen-bond acceptors (Lipinski definition) is 3. The van der Waals surface area contributed by atoms with Crippen molar-refractivity contribution in [1.82, 2.24) is 15.1 Å². The topological polar surface area (TPSA) is 29.9 Å². The van der Waals surface area contributed by atoms with Gasteiger partial charge in [-0.15, -0.1) is 11.8 Å². The number of thioether (sulfide) groups is 1. The molecule has 0 aromatic carbocycles. The summed E-state index contributed by atoms with van der Waals surface area (Å²) in [5, 5.41) is 8.87. The summed E-state index contributed by atoms with van der Waals surface area (Å²) in [6.07, 6.45) is 5.30. The first kappa shape index (κ1) is 9.09. The largest absolute Gasteiger partial charge is 0.301 e. The molecule has 0 bridgehead atoms. The molecule has 2 rings (SSSR count). The van der Waals surface area contributed by atoms with Crippen molar-refractivity contribution in [3.63, 3.8) is 0 Å². The van der Waals surface area contributed by atoms with E-state index < -0.39 is 0 Å². The maximum atomic E-state index is 4.18. The molecule has 13 heavy (non-hydrogen) atoms. The van der Waals surface area contributed by atoms with Gasteiger partial charge in [-0.05, 0) is 13.0 Å². The van der Waals surface area contributed by atoms with Gasteiger partial charge in [0.2, 0.25) is 0 Å². The summed E-state index contributed by atoms with van der Waals surface area (Å²) in [7, 11) is 1.96. The van der Waals surface area contributed by atoms with Crippen molar-refractivity contribution in [1.29, 1.82) is 0 Å². The lowest BCUT2D eigenvalue weighted by Gasteiger charge is -2.26. The predicted octanol–water partition coefficient (Wildman–Crippen LogP) is 1.53. The normalized spacial score (nSPS) is 29.1. The smallest absolute Gasteiger partial charge is 0.0822 e. The van der Waals surface area contributed by atoms with Crippen LogP contribution in [-0.2, 0) is 7.05 Å². The predicted molar refractivity (Wildman–Crippen MR) is 55.6 cm³/mol. The number of hydrogen-bond donors (Lipinski definition) is 1. The van der Waals surface area contributed by atoms with Crippen LogP contribution in [0.25, 0.3) is 0 Å². The molecule has 0 spiro atoms. The Balaban J connectivity index is 2.08. The number of nitrogens with zero attached hydrogens (tertiary/aromatic N) is 2. The minimum Gasteiger partial charge on any atom is -0.301 e. The van der Waals surface area contributed by atoms with Crippen molar-refractivity contribution in [3.8, 4) is 0 Å². The second-order valence-corrected chi connectivity index (χ2v) is 5.07. The maximum absolute atomic E-state index is 4.18. The monoisotopic (exact) mass is 197 g/mol. The Hall–Kier alpha value is -0.480. The summed E-state index contributed by atoms with van der Waals surface area (Å²) in [4.78, 5) is 0. The van der Waals surface area contributed by atoms with Crippen LogP contribution in [0.2, 0.25) is 0 Å². The molecule has 1 saturated heterocycles. The Morgan fingerprint density at radius 2 is 2.54 bits per heavy atom. The lowest BCUT2D eigenvalue weighted by Crippen LogP contribution is -2.28. The zero-order valence-electron chi connectivity index (χ0n) is 8.03. The average Bonchev–Trinajstić information content (AvgIpc) is 2.52. The standard InChI is InChI=1S/C9H15N3S/c1-7-3-4-10-9(13-7)8-5-11-12(2)6-8/h5-7,9-10H,3-4H2,1-2H3. The van der Waals surface area contributed by atoms with Gasteiger partial charge in [0.1, 0.15) is 0 Å². The molecular weight excluding hydrogens is 182 g/mol. The molecule has 4 heteroatoms. The first-order valence-electron chi connectivity index (χ1n) is 4.63. The molecule has 0 radical (unpaired) electrons. The van der Waals surface area contributed by atoms with E-state index in [0.717, 1.165) is 11.8 Å². The van der Waals surface area contributed by atoms with Crippen LogP contribution in [0.3, 0.4) is 0 Å². The Morgan fingerprint density at radius 1 is 1.69 bits per heavy atom. The Morgan fingerprint density at radius 3 is 3.15 bits per heavy atom. The van der Waals surface area contributed by atoms with Crippen LogP contribution in [0.1, 0.15) is 24.3 Å².